The van der Waals surface area contributed by atoms with Crippen LogP contribution in [0.1, 0.15) is 23.7 Å². The van der Waals surface area contributed by atoms with Gasteiger partial charge in [0.15, 0.2) is 0 Å². The van der Waals surface area contributed by atoms with Crippen LogP contribution in [0, 0.1) is 23.2 Å². The van der Waals surface area contributed by atoms with Crippen LogP contribution in [-0.2, 0) is 4.74 Å². The second-order valence-corrected chi connectivity index (χ2v) is 5.88. The Kier molecular flexibility index (Phi) is 2.09. The van der Waals surface area contributed by atoms with Gasteiger partial charge in [-0.25, -0.2) is 4.79 Å². The molecule has 1 fully saturated rings. The van der Waals surface area contributed by atoms with Gasteiger partial charge in [0, 0.05) is 0 Å². The van der Waals surface area contributed by atoms with Gasteiger partial charge in [0.1, 0.15) is 5.76 Å². The van der Waals surface area contributed by atoms with E-state index in [1.165, 1.54) is 6.42 Å². The summed E-state index contributed by atoms with van der Waals surface area (Å²) >= 11 is 0. The van der Waals surface area contributed by atoms with Gasteiger partial charge in [-0.2, -0.15) is 0 Å². The second-order valence-electron chi connectivity index (χ2n) is 5.88. The summed E-state index contributed by atoms with van der Waals surface area (Å²) in [6.07, 6.45) is 7.99. The molecule has 3 aliphatic rings. The molecule has 1 aromatic carbocycles. The van der Waals surface area contributed by atoms with Gasteiger partial charge < -0.3 is 4.74 Å². The Morgan fingerprint density at radius 3 is 2.74 bits per heavy atom. The molecule has 1 aromatic rings. The lowest BCUT2D eigenvalue weighted by Gasteiger charge is -2.26. The SMILES string of the molecule is C[C@H]1C2C=CC(C2)[C@]12C=C2OC(=O)c1ccccc1. The molecule has 0 N–H and O–H groups in total. The van der Waals surface area contributed by atoms with E-state index in [4.69, 9.17) is 4.74 Å². The minimum atomic E-state index is -0.234. The van der Waals surface area contributed by atoms with Crippen molar-refractivity contribution in [2.75, 3.05) is 0 Å². The number of benzene rings is 1. The molecule has 3 aliphatic carbocycles. The van der Waals surface area contributed by atoms with Crippen molar-refractivity contribution in [3.8, 4) is 0 Å². The molecule has 2 bridgehead atoms. The quantitative estimate of drug-likeness (QED) is 0.594. The van der Waals surface area contributed by atoms with Crippen LogP contribution in [0.5, 0.6) is 0 Å². The molecule has 0 aromatic heterocycles. The third-order valence-corrected chi connectivity index (χ3v) is 5.05. The minimum absolute atomic E-state index is 0.0594. The summed E-state index contributed by atoms with van der Waals surface area (Å²) in [4.78, 5) is 12.1. The van der Waals surface area contributed by atoms with Crippen molar-refractivity contribution in [2.45, 2.75) is 13.3 Å². The number of esters is 1. The van der Waals surface area contributed by atoms with E-state index in [0.29, 0.717) is 23.3 Å². The lowest BCUT2D eigenvalue weighted by Crippen LogP contribution is -2.23. The second kappa shape index (κ2) is 3.60. The van der Waals surface area contributed by atoms with Crippen LogP contribution in [0.15, 0.2) is 54.3 Å². The molecule has 2 heteroatoms. The fourth-order valence-corrected chi connectivity index (χ4v) is 3.82. The molecule has 0 aliphatic heterocycles. The van der Waals surface area contributed by atoms with Gasteiger partial charge in [-0.15, -0.1) is 0 Å². The number of rotatable bonds is 2. The van der Waals surface area contributed by atoms with Gasteiger partial charge in [0.05, 0.1) is 11.0 Å². The molecule has 0 saturated heterocycles. The van der Waals surface area contributed by atoms with Gasteiger partial charge in [0.2, 0.25) is 0 Å². The van der Waals surface area contributed by atoms with Crippen molar-refractivity contribution >= 4 is 5.97 Å². The van der Waals surface area contributed by atoms with Gasteiger partial charge >= 0.3 is 5.97 Å². The van der Waals surface area contributed by atoms with E-state index in [0.717, 1.165) is 5.76 Å². The Morgan fingerprint density at radius 1 is 1.26 bits per heavy atom. The fourth-order valence-electron chi connectivity index (χ4n) is 3.82. The number of ether oxygens (including phenoxy) is 1. The Hall–Kier alpha value is -1.83. The third-order valence-electron chi connectivity index (χ3n) is 5.05. The summed E-state index contributed by atoms with van der Waals surface area (Å²) in [6.45, 7) is 2.27. The first kappa shape index (κ1) is 11.0. The monoisotopic (exact) mass is 252 g/mol. The van der Waals surface area contributed by atoms with Crippen molar-refractivity contribution in [1.29, 1.82) is 0 Å². The molecule has 1 saturated carbocycles. The molecule has 4 rings (SSSR count). The summed E-state index contributed by atoms with van der Waals surface area (Å²) in [6, 6.07) is 9.20. The smallest absolute Gasteiger partial charge is 0.343 e. The fraction of sp³-hybridized carbons (Fsp3) is 0.353. The Labute approximate surface area is 112 Å². The average Bonchev–Trinajstić information content (AvgIpc) is 2.83. The van der Waals surface area contributed by atoms with Gasteiger partial charge in [0.25, 0.3) is 0 Å². The standard InChI is InChI=1S/C17H16O2/c1-11-13-7-8-14(9-13)17(11)10-15(17)19-16(18)12-5-3-2-4-6-12/h2-8,10-11,13-14H,9H2,1H3/t11-,13?,14?,17-/m0/s1. The van der Waals surface area contributed by atoms with E-state index in [-0.39, 0.29) is 11.4 Å². The zero-order chi connectivity index (χ0) is 13.0. The highest BCUT2D eigenvalue weighted by molar-refractivity contribution is 5.90. The average molecular weight is 252 g/mol. The summed E-state index contributed by atoms with van der Waals surface area (Å²) in [5, 5.41) is 0. The number of carbonyl (C=O) groups is 1. The van der Waals surface area contributed by atoms with Crippen molar-refractivity contribution in [3.05, 3.63) is 59.9 Å². The van der Waals surface area contributed by atoms with E-state index >= 15 is 0 Å². The van der Waals surface area contributed by atoms with Crippen molar-refractivity contribution in [3.63, 3.8) is 0 Å². The maximum Gasteiger partial charge on any atom is 0.343 e. The summed E-state index contributed by atoms with van der Waals surface area (Å²) < 4.78 is 5.60. The highest BCUT2D eigenvalue weighted by atomic mass is 16.5. The highest BCUT2D eigenvalue weighted by Crippen LogP contribution is 2.68. The highest BCUT2D eigenvalue weighted by Gasteiger charge is 2.63. The normalized spacial score (nSPS) is 37.5. The minimum Gasteiger partial charge on any atom is -0.427 e. The van der Waals surface area contributed by atoms with Crippen LogP contribution in [0.3, 0.4) is 0 Å². The first-order valence-corrected chi connectivity index (χ1v) is 6.90. The predicted molar refractivity (Wildman–Crippen MR) is 72.3 cm³/mol. The number of allylic oxidation sites excluding steroid dienone is 4. The van der Waals surface area contributed by atoms with E-state index in [1.54, 1.807) is 12.1 Å². The lowest BCUT2D eigenvalue weighted by atomic mass is 9.79. The van der Waals surface area contributed by atoms with Gasteiger partial charge in [-0.1, -0.05) is 37.3 Å². The molecule has 4 atom stereocenters. The van der Waals surface area contributed by atoms with Crippen LogP contribution in [0.2, 0.25) is 0 Å². The zero-order valence-electron chi connectivity index (χ0n) is 10.9. The molecule has 2 unspecified atom stereocenters. The van der Waals surface area contributed by atoms with Crippen molar-refractivity contribution in [2.24, 2.45) is 23.2 Å². The number of hydrogen-bond donors (Lipinski definition) is 0. The largest absolute Gasteiger partial charge is 0.427 e. The van der Waals surface area contributed by atoms with E-state index < -0.39 is 0 Å². The first-order chi connectivity index (χ1) is 9.22. The zero-order valence-corrected chi connectivity index (χ0v) is 10.9. The number of carbonyl (C=O) groups excluding carboxylic acids is 1. The van der Waals surface area contributed by atoms with Crippen LogP contribution in [0.4, 0.5) is 0 Å². The van der Waals surface area contributed by atoms with Gasteiger partial charge in [-0.05, 0) is 42.4 Å². The molecular formula is C17H16O2. The Bertz CT molecular complexity index is 599. The third kappa shape index (κ3) is 1.40. The van der Waals surface area contributed by atoms with Crippen LogP contribution < -0.4 is 0 Å². The lowest BCUT2D eigenvalue weighted by molar-refractivity contribution is 0.0588. The Balaban J connectivity index is 1.51. The number of hydrogen-bond acceptors (Lipinski definition) is 2. The predicted octanol–water partition coefficient (Wildman–Crippen LogP) is 3.57. The summed E-state index contributed by atoms with van der Waals surface area (Å²) in [5.41, 5.74) is 0.681. The van der Waals surface area contributed by atoms with Crippen molar-refractivity contribution in [1.82, 2.24) is 0 Å². The van der Waals surface area contributed by atoms with Gasteiger partial charge in [-0.3, -0.25) is 0 Å². The maximum absolute atomic E-state index is 12.1. The van der Waals surface area contributed by atoms with Crippen LogP contribution in [0.25, 0.3) is 0 Å². The molecule has 0 amide bonds. The summed E-state index contributed by atoms with van der Waals surface area (Å²) in [5.74, 6) is 2.44. The number of fused-ring (bicyclic) bond motifs is 3. The molecule has 19 heavy (non-hydrogen) atoms. The Morgan fingerprint density at radius 2 is 2.05 bits per heavy atom. The molecule has 0 heterocycles. The molecular weight excluding hydrogens is 236 g/mol. The van der Waals surface area contributed by atoms with Crippen LogP contribution in [-0.4, -0.2) is 5.97 Å². The first-order valence-electron chi connectivity index (χ1n) is 6.90. The molecule has 0 radical (unpaired) electrons. The topological polar surface area (TPSA) is 26.3 Å². The molecule has 2 nitrogen and oxygen atoms in total. The van der Waals surface area contributed by atoms with Crippen molar-refractivity contribution < 1.29 is 9.53 Å². The van der Waals surface area contributed by atoms with E-state index in [2.05, 4.69) is 25.2 Å². The summed E-state index contributed by atoms with van der Waals surface area (Å²) in [7, 11) is 0. The van der Waals surface area contributed by atoms with E-state index in [1.807, 2.05) is 18.2 Å². The van der Waals surface area contributed by atoms with Crippen LogP contribution >= 0.6 is 0 Å². The maximum atomic E-state index is 12.1. The van der Waals surface area contributed by atoms with E-state index in [9.17, 15) is 4.79 Å². The molecule has 1 spiro atoms. The molecule has 96 valence electrons.